The van der Waals surface area contributed by atoms with E-state index in [0.29, 0.717) is 6.42 Å². The monoisotopic (exact) mass is 224 g/mol. The van der Waals surface area contributed by atoms with E-state index in [-0.39, 0.29) is 6.67 Å². The molecule has 2 heterocycles. The third-order valence-electron chi connectivity index (χ3n) is 2.18. The van der Waals surface area contributed by atoms with E-state index in [9.17, 15) is 4.39 Å². The first-order valence-electron chi connectivity index (χ1n) is 4.99. The Balaban J connectivity index is 1.96. The molecule has 0 fully saturated rings. The van der Waals surface area contributed by atoms with Crippen LogP contribution >= 0.6 is 11.3 Å². The van der Waals surface area contributed by atoms with Crippen LogP contribution in [0.3, 0.4) is 0 Å². The van der Waals surface area contributed by atoms with Crippen molar-refractivity contribution >= 4 is 21.6 Å². The number of halogens is 1. The molecule has 0 amide bonds. The van der Waals surface area contributed by atoms with Gasteiger partial charge in [-0.1, -0.05) is 0 Å². The maximum atomic E-state index is 11.8. The zero-order chi connectivity index (χ0) is 10.5. The molecule has 0 aromatic carbocycles. The molecule has 0 saturated carbocycles. The van der Waals surface area contributed by atoms with Crippen molar-refractivity contribution in [2.75, 3.05) is 13.2 Å². The van der Waals surface area contributed by atoms with Gasteiger partial charge in [-0.15, -0.1) is 11.3 Å². The summed E-state index contributed by atoms with van der Waals surface area (Å²) in [5, 5.41) is 5.22. The lowest BCUT2D eigenvalue weighted by molar-refractivity contribution is 0.459. The van der Waals surface area contributed by atoms with Crippen molar-refractivity contribution in [1.29, 1.82) is 0 Å². The zero-order valence-electron chi connectivity index (χ0n) is 8.37. The second kappa shape index (κ2) is 5.19. The molecule has 2 aromatic rings. The number of nitrogens with zero attached hydrogens (tertiary/aromatic N) is 1. The Hall–Kier alpha value is -1.00. The fourth-order valence-corrected chi connectivity index (χ4v) is 2.21. The van der Waals surface area contributed by atoms with E-state index in [4.69, 9.17) is 0 Å². The maximum Gasteiger partial charge on any atom is 0.0906 e. The van der Waals surface area contributed by atoms with Gasteiger partial charge in [-0.25, -0.2) is 0 Å². The van der Waals surface area contributed by atoms with Crippen LogP contribution in [0.15, 0.2) is 23.7 Å². The lowest BCUT2D eigenvalue weighted by atomic mass is 10.2. The maximum absolute atomic E-state index is 11.8. The van der Waals surface area contributed by atoms with Crippen LogP contribution in [0.2, 0.25) is 0 Å². The number of hydrogen-bond acceptors (Lipinski definition) is 3. The molecule has 15 heavy (non-hydrogen) atoms. The molecule has 1 N–H and O–H groups in total. The van der Waals surface area contributed by atoms with Crippen molar-refractivity contribution in [1.82, 2.24) is 10.3 Å². The topological polar surface area (TPSA) is 24.9 Å². The minimum Gasteiger partial charge on any atom is -0.313 e. The Bertz CT molecular complexity index is 427. The van der Waals surface area contributed by atoms with E-state index in [2.05, 4.69) is 16.4 Å². The van der Waals surface area contributed by atoms with Crippen LogP contribution in [-0.2, 0) is 6.54 Å². The molecule has 0 aliphatic rings. The highest BCUT2D eigenvalue weighted by Crippen LogP contribution is 2.19. The summed E-state index contributed by atoms with van der Waals surface area (Å²) in [6.45, 7) is 1.23. The number of aromatic nitrogens is 1. The first kappa shape index (κ1) is 10.5. The van der Waals surface area contributed by atoms with Crippen LogP contribution in [0.4, 0.5) is 4.39 Å². The predicted octanol–water partition coefficient (Wildman–Crippen LogP) is 2.75. The Morgan fingerprint density at radius 3 is 3.27 bits per heavy atom. The average Bonchev–Trinajstić information content (AvgIpc) is 2.71. The summed E-state index contributed by atoms with van der Waals surface area (Å²) in [7, 11) is 0. The normalized spacial score (nSPS) is 11.0. The molecule has 2 nitrogen and oxygen atoms in total. The van der Waals surface area contributed by atoms with Gasteiger partial charge in [0.25, 0.3) is 0 Å². The van der Waals surface area contributed by atoms with Crippen LogP contribution in [0.1, 0.15) is 12.0 Å². The van der Waals surface area contributed by atoms with Crippen LogP contribution in [0, 0.1) is 0 Å². The number of fused-ring (bicyclic) bond motifs is 1. The summed E-state index contributed by atoms with van der Waals surface area (Å²) in [5.41, 5.74) is 2.20. The molecule has 0 radical (unpaired) electrons. The Morgan fingerprint density at radius 1 is 1.47 bits per heavy atom. The number of alkyl halides is 1. The molecule has 0 aliphatic carbocycles. The van der Waals surface area contributed by atoms with Crippen molar-refractivity contribution in [3.8, 4) is 0 Å². The van der Waals surface area contributed by atoms with Gasteiger partial charge in [-0.05, 0) is 36.0 Å². The van der Waals surface area contributed by atoms with Gasteiger partial charge in [0.2, 0.25) is 0 Å². The molecule has 0 aliphatic heterocycles. The highest BCUT2D eigenvalue weighted by molar-refractivity contribution is 7.17. The zero-order valence-corrected chi connectivity index (χ0v) is 9.19. The minimum absolute atomic E-state index is 0.255. The fourth-order valence-electron chi connectivity index (χ4n) is 1.41. The lowest BCUT2D eigenvalue weighted by Crippen LogP contribution is -2.15. The largest absolute Gasteiger partial charge is 0.313 e. The van der Waals surface area contributed by atoms with Gasteiger partial charge in [0.1, 0.15) is 0 Å². The fraction of sp³-hybridized carbons (Fsp3) is 0.364. The highest BCUT2D eigenvalue weighted by atomic mass is 32.1. The van der Waals surface area contributed by atoms with Gasteiger partial charge in [-0.2, -0.15) is 0 Å². The van der Waals surface area contributed by atoms with E-state index in [1.165, 1.54) is 4.70 Å². The van der Waals surface area contributed by atoms with Crippen LogP contribution < -0.4 is 5.32 Å². The quantitative estimate of drug-likeness (QED) is 0.790. The number of hydrogen-bond donors (Lipinski definition) is 1. The van der Waals surface area contributed by atoms with Gasteiger partial charge < -0.3 is 5.32 Å². The first-order valence-corrected chi connectivity index (χ1v) is 5.87. The highest BCUT2D eigenvalue weighted by Gasteiger charge is 1.98. The van der Waals surface area contributed by atoms with Gasteiger partial charge >= 0.3 is 0 Å². The Kier molecular flexibility index (Phi) is 3.64. The summed E-state index contributed by atoms with van der Waals surface area (Å²) in [4.78, 5) is 4.34. The van der Waals surface area contributed by atoms with Crippen LogP contribution in [0.5, 0.6) is 0 Å². The number of nitrogens with one attached hydrogen (secondary N) is 1. The van der Waals surface area contributed by atoms with Crippen molar-refractivity contribution in [2.24, 2.45) is 0 Å². The minimum atomic E-state index is -0.255. The summed E-state index contributed by atoms with van der Waals surface area (Å²) >= 11 is 1.69. The summed E-state index contributed by atoms with van der Waals surface area (Å²) in [6, 6.07) is 4.15. The van der Waals surface area contributed by atoms with Gasteiger partial charge in [-0.3, -0.25) is 9.37 Å². The number of thiophene rings is 1. The molecule has 0 saturated heterocycles. The van der Waals surface area contributed by atoms with Crippen LogP contribution in [0.25, 0.3) is 10.2 Å². The van der Waals surface area contributed by atoms with E-state index < -0.39 is 0 Å². The SMILES string of the molecule is FCCCNCc1cnc2ccsc2c1. The van der Waals surface area contributed by atoms with Gasteiger partial charge in [0, 0.05) is 12.7 Å². The first-order chi connectivity index (χ1) is 7.40. The van der Waals surface area contributed by atoms with Crippen molar-refractivity contribution < 1.29 is 4.39 Å². The van der Waals surface area contributed by atoms with E-state index in [1.807, 2.05) is 17.6 Å². The summed E-state index contributed by atoms with van der Waals surface area (Å²) < 4.78 is 13.0. The molecular formula is C11H13FN2S. The third kappa shape index (κ3) is 2.73. The molecule has 0 atom stereocenters. The molecule has 4 heteroatoms. The van der Waals surface area contributed by atoms with E-state index >= 15 is 0 Å². The van der Waals surface area contributed by atoms with Crippen molar-refractivity contribution in [3.63, 3.8) is 0 Å². The van der Waals surface area contributed by atoms with Crippen molar-refractivity contribution in [3.05, 3.63) is 29.3 Å². The molecule has 80 valence electrons. The molecule has 0 bridgehead atoms. The van der Waals surface area contributed by atoms with Crippen molar-refractivity contribution in [2.45, 2.75) is 13.0 Å². The number of rotatable bonds is 5. The average molecular weight is 224 g/mol. The lowest BCUT2D eigenvalue weighted by Gasteiger charge is -2.02. The molecule has 2 rings (SSSR count). The van der Waals surface area contributed by atoms with Gasteiger partial charge in [0.15, 0.2) is 0 Å². The summed E-state index contributed by atoms with van der Waals surface area (Å²) in [5.74, 6) is 0. The summed E-state index contributed by atoms with van der Waals surface area (Å²) in [6.07, 6.45) is 2.45. The second-order valence-electron chi connectivity index (χ2n) is 3.37. The standard InChI is InChI=1S/C11H13FN2S/c12-3-1-4-13-7-9-6-11-10(14-8-9)2-5-15-11/h2,5-6,8,13H,1,3-4,7H2. The number of pyridine rings is 1. The molecule has 2 aromatic heterocycles. The smallest absolute Gasteiger partial charge is 0.0906 e. The van der Waals surface area contributed by atoms with Gasteiger partial charge in [0.05, 0.1) is 16.9 Å². The predicted molar refractivity (Wildman–Crippen MR) is 61.9 cm³/mol. The van der Waals surface area contributed by atoms with Crippen LogP contribution in [-0.4, -0.2) is 18.2 Å². The molecule has 0 spiro atoms. The Morgan fingerprint density at radius 2 is 2.40 bits per heavy atom. The van der Waals surface area contributed by atoms with E-state index in [0.717, 1.165) is 24.2 Å². The Labute approximate surface area is 92.1 Å². The third-order valence-corrected chi connectivity index (χ3v) is 3.03. The molecular weight excluding hydrogens is 211 g/mol. The second-order valence-corrected chi connectivity index (χ2v) is 4.31. The molecule has 0 unspecified atom stereocenters. The van der Waals surface area contributed by atoms with E-state index in [1.54, 1.807) is 11.3 Å².